The Morgan fingerprint density at radius 3 is 2.69 bits per heavy atom. The number of hydrogen-bond acceptors (Lipinski definition) is 5. The first-order chi connectivity index (χ1) is 15.6. The number of ether oxygens (including phenoxy) is 3. The first-order valence-corrected chi connectivity index (χ1v) is 10.9. The maximum atomic E-state index is 13.3. The lowest BCUT2D eigenvalue weighted by molar-refractivity contribution is 0.0872. The van der Waals surface area contributed by atoms with Crippen molar-refractivity contribution in [3.05, 3.63) is 94.2 Å². The zero-order chi connectivity index (χ0) is 22.1. The van der Waals surface area contributed by atoms with E-state index in [-0.39, 0.29) is 5.78 Å². The number of hydrogen-bond donors (Lipinski definition) is 0. The Hall–Kier alpha value is -3.57. The summed E-state index contributed by atoms with van der Waals surface area (Å²) in [4.78, 5) is 15.5. The predicted octanol–water partition coefficient (Wildman–Crippen LogP) is 5.36. The van der Waals surface area contributed by atoms with E-state index in [9.17, 15) is 4.79 Å². The van der Waals surface area contributed by atoms with Gasteiger partial charge in [0.05, 0.1) is 17.7 Å². The fraction of sp³-hybridized carbons (Fsp3) is 0.222. The van der Waals surface area contributed by atoms with Gasteiger partial charge in [-0.1, -0.05) is 48.5 Å². The monoisotopic (exact) mass is 427 g/mol. The smallest absolute Gasteiger partial charge is 0.232 e. The van der Waals surface area contributed by atoms with E-state index in [4.69, 9.17) is 14.2 Å². The van der Waals surface area contributed by atoms with Crippen LogP contribution < -0.4 is 14.2 Å². The first kappa shape index (κ1) is 20.3. The minimum atomic E-state index is -0.105. The van der Waals surface area contributed by atoms with E-state index in [0.29, 0.717) is 37.0 Å². The molecule has 0 saturated heterocycles. The van der Waals surface area contributed by atoms with Crippen molar-refractivity contribution in [3.8, 4) is 17.2 Å². The third-order valence-corrected chi connectivity index (χ3v) is 5.74. The lowest BCUT2D eigenvalue weighted by Gasteiger charge is -2.30. The van der Waals surface area contributed by atoms with E-state index in [1.54, 1.807) is 6.08 Å². The average molecular weight is 428 g/mol. The van der Waals surface area contributed by atoms with E-state index in [1.807, 2.05) is 62.4 Å². The minimum Gasteiger partial charge on any atom is -0.493 e. The summed E-state index contributed by atoms with van der Waals surface area (Å²) in [6.45, 7) is 6.34. The number of ketones is 1. The lowest BCUT2D eigenvalue weighted by Crippen LogP contribution is -2.31. The fourth-order valence-electron chi connectivity index (χ4n) is 4.25. The zero-order valence-electron chi connectivity index (χ0n) is 18.3. The number of aryl methyl sites for hydroxylation is 1. The molecule has 0 spiro atoms. The van der Waals surface area contributed by atoms with E-state index < -0.39 is 0 Å². The summed E-state index contributed by atoms with van der Waals surface area (Å²) in [6.07, 6.45) is 1.77. The van der Waals surface area contributed by atoms with Gasteiger partial charge in [-0.05, 0) is 43.2 Å². The maximum absolute atomic E-state index is 13.3. The summed E-state index contributed by atoms with van der Waals surface area (Å²) in [5.41, 5.74) is 4.44. The molecule has 0 aromatic heterocycles. The molecule has 32 heavy (non-hydrogen) atoms. The van der Waals surface area contributed by atoms with Gasteiger partial charge in [0.25, 0.3) is 0 Å². The molecule has 0 bridgehead atoms. The molecule has 2 heterocycles. The number of rotatable bonds is 5. The predicted molar refractivity (Wildman–Crippen MR) is 123 cm³/mol. The summed E-state index contributed by atoms with van der Waals surface area (Å²) in [5, 5.41) is 0. The van der Waals surface area contributed by atoms with Gasteiger partial charge in [0.15, 0.2) is 5.76 Å². The molecule has 3 aromatic carbocycles. The third kappa shape index (κ3) is 3.76. The molecule has 0 atom stereocenters. The van der Waals surface area contributed by atoms with Crippen LogP contribution in [-0.4, -0.2) is 24.0 Å². The molecule has 5 nitrogen and oxygen atoms in total. The van der Waals surface area contributed by atoms with Gasteiger partial charge in [0, 0.05) is 18.7 Å². The molecule has 0 saturated carbocycles. The lowest BCUT2D eigenvalue weighted by atomic mass is 9.98. The van der Waals surface area contributed by atoms with Crippen LogP contribution in [0.15, 0.2) is 66.4 Å². The molecule has 5 heteroatoms. The molecule has 0 aliphatic carbocycles. The Morgan fingerprint density at radius 1 is 1.09 bits per heavy atom. The van der Waals surface area contributed by atoms with Crippen molar-refractivity contribution in [1.82, 2.24) is 4.90 Å². The van der Waals surface area contributed by atoms with Crippen LogP contribution >= 0.6 is 0 Å². The van der Waals surface area contributed by atoms with Crippen molar-refractivity contribution in [2.75, 3.05) is 13.3 Å². The molecule has 2 aliphatic rings. The number of fused-ring (bicyclic) bond motifs is 3. The number of allylic oxidation sites excluding steroid dienone is 1. The molecule has 0 unspecified atom stereocenters. The highest BCUT2D eigenvalue weighted by molar-refractivity contribution is 6.16. The number of Topliss-reactive ketones (excluding diaryl/α,β-unsaturated/α-hetero) is 1. The molecule has 2 aliphatic heterocycles. The van der Waals surface area contributed by atoms with Gasteiger partial charge in [-0.3, -0.25) is 9.69 Å². The van der Waals surface area contributed by atoms with E-state index in [2.05, 4.69) is 17.0 Å². The molecule has 0 N–H and O–H groups in total. The SMILES string of the molecule is CCOc1ccccc1/C=C1\Oc2c3c(cc(C)c2C1=O)OCN(Cc1ccccc1)C3. The Balaban J connectivity index is 1.47. The van der Waals surface area contributed by atoms with E-state index in [1.165, 1.54) is 5.56 Å². The van der Waals surface area contributed by atoms with Gasteiger partial charge < -0.3 is 14.2 Å². The topological polar surface area (TPSA) is 48.0 Å². The van der Waals surface area contributed by atoms with Crippen molar-refractivity contribution in [2.45, 2.75) is 26.9 Å². The molecule has 162 valence electrons. The van der Waals surface area contributed by atoms with Gasteiger partial charge in [0.1, 0.15) is 24.0 Å². The van der Waals surface area contributed by atoms with Gasteiger partial charge in [-0.2, -0.15) is 0 Å². The molecule has 5 rings (SSSR count). The Labute approximate surface area is 187 Å². The molecule has 0 amide bonds. The standard InChI is InChI=1S/C27H25NO4/c1-3-30-22-12-8-7-11-20(22)14-24-26(29)25-18(2)13-23-21(27(25)32-24)16-28(17-31-23)15-19-9-5-4-6-10-19/h4-14H,3,15-17H2,1-2H3/b24-14-. The van der Waals surface area contributed by atoms with Crippen LogP contribution in [0.4, 0.5) is 0 Å². The second-order valence-corrected chi connectivity index (χ2v) is 8.03. The fourth-order valence-corrected chi connectivity index (χ4v) is 4.25. The van der Waals surface area contributed by atoms with Crippen LogP contribution in [0, 0.1) is 6.92 Å². The van der Waals surface area contributed by atoms with Crippen LogP contribution in [-0.2, 0) is 13.1 Å². The molecular formula is C27H25NO4. The van der Waals surface area contributed by atoms with Gasteiger partial charge in [0.2, 0.25) is 5.78 Å². The van der Waals surface area contributed by atoms with Crippen LogP contribution in [0.25, 0.3) is 6.08 Å². The average Bonchev–Trinajstić information content (AvgIpc) is 3.13. The summed E-state index contributed by atoms with van der Waals surface area (Å²) in [5.74, 6) is 2.33. The van der Waals surface area contributed by atoms with Crippen LogP contribution in [0.2, 0.25) is 0 Å². The maximum Gasteiger partial charge on any atom is 0.232 e. The number of benzene rings is 3. The normalized spacial score (nSPS) is 16.3. The zero-order valence-corrected chi connectivity index (χ0v) is 18.3. The summed E-state index contributed by atoms with van der Waals surface area (Å²) >= 11 is 0. The highest BCUT2D eigenvalue weighted by Gasteiger charge is 2.35. The second-order valence-electron chi connectivity index (χ2n) is 8.03. The number of nitrogens with zero attached hydrogens (tertiary/aromatic N) is 1. The van der Waals surface area contributed by atoms with Crippen molar-refractivity contribution in [2.24, 2.45) is 0 Å². The first-order valence-electron chi connectivity index (χ1n) is 10.9. The van der Waals surface area contributed by atoms with E-state index >= 15 is 0 Å². The minimum absolute atomic E-state index is 0.105. The largest absolute Gasteiger partial charge is 0.493 e. The van der Waals surface area contributed by atoms with Crippen LogP contribution in [0.3, 0.4) is 0 Å². The highest BCUT2D eigenvalue weighted by atomic mass is 16.5. The second kappa shape index (κ2) is 8.52. The summed E-state index contributed by atoms with van der Waals surface area (Å²) in [7, 11) is 0. The van der Waals surface area contributed by atoms with Crippen molar-refractivity contribution >= 4 is 11.9 Å². The Kier molecular flexibility index (Phi) is 5.41. The molecule has 0 radical (unpaired) electrons. The van der Waals surface area contributed by atoms with Crippen molar-refractivity contribution in [1.29, 1.82) is 0 Å². The summed E-state index contributed by atoms with van der Waals surface area (Å²) < 4.78 is 17.9. The number of carbonyl (C=O) groups excluding carboxylic acids is 1. The molecular weight excluding hydrogens is 402 g/mol. The number of para-hydroxylation sites is 1. The third-order valence-electron chi connectivity index (χ3n) is 5.74. The van der Waals surface area contributed by atoms with Crippen molar-refractivity contribution in [3.63, 3.8) is 0 Å². The summed E-state index contributed by atoms with van der Waals surface area (Å²) in [6, 6.07) is 19.9. The van der Waals surface area contributed by atoms with Gasteiger partial charge in [-0.15, -0.1) is 0 Å². The number of carbonyl (C=O) groups is 1. The quantitative estimate of drug-likeness (QED) is 0.513. The van der Waals surface area contributed by atoms with Gasteiger partial charge in [-0.25, -0.2) is 0 Å². The molecule has 3 aromatic rings. The van der Waals surface area contributed by atoms with E-state index in [0.717, 1.165) is 34.7 Å². The Bertz CT molecular complexity index is 1200. The molecule has 0 fully saturated rings. The Morgan fingerprint density at radius 2 is 1.88 bits per heavy atom. The van der Waals surface area contributed by atoms with Gasteiger partial charge >= 0.3 is 0 Å². The van der Waals surface area contributed by atoms with Crippen molar-refractivity contribution < 1.29 is 19.0 Å². The van der Waals surface area contributed by atoms with Crippen LogP contribution in [0.5, 0.6) is 17.2 Å². The highest BCUT2D eigenvalue weighted by Crippen LogP contribution is 2.44. The van der Waals surface area contributed by atoms with Crippen LogP contribution in [0.1, 0.15) is 39.5 Å².